The van der Waals surface area contributed by atoms with Gasteiger partial charge in [0.25, 0.3) is 0 Å². The van der Waals surface area contributed by atoms with Crippen LogP contribution in [0.15, 0.2) is 35.2 Å². The number of aryl methyl sites for hydroxylation is 1. The molecule has 90 valence electrons. The number of hydrogen-bond acceptors (Lipinski definition) is 4. The number of nitrogens with zero attached hydrogens (tertiary/aromatic N) is 1. The van der Waals surface area contributed by atoms with Gasteiger partial charge in [0.1, 0.15) is 0 Å². The Morgan fingerprint density at radius 3 is 2.88 bits per heavy atom. The first-order valence-electron chi connectivity index (χ1n) is 5.49. The second kappa shape index (κ2) is 5.49. The smallest absolute Gasteiger partial charge is 0.0864 e. The molecule has 0 amide bonds. The molecule has 3 nitrogen and oxygen atoms in total. The second-order valence-electron chi connectivity index (χ2n) is 3.93. The first kappa shape index (κ1) is 12.4. The molecule has 1 heterocycles. The van der Waals surface area contributed by atoms with Crippen molar-refractivity contribution in [3.05, 3.63) is 36.0 Å². The molecular formula is C13H15NO2S. The summed E-state index contributed by atoms with van der Waals surface area (Å²) in [5.41, 5.74) is 1.93. The van der Waals surface area contributed by atoms with Crippen molar-refractivity contribution in [2.45, 2.75) is 17.9 Å². The molecule has 2 aromatic rings. The summed E-state index contributed by atoms with van der Waals surface area (Å²) in [6.45, 7) is 1.76. The molecule has 1 aromatic heterocycles. The van der Waals surface area contributed by atoms with E-state index in [1.54, 1.807) is 11.8 Å². The number of aromatic nitrogens is 1. The standard InChI is InChI=1S/C13H15NO2S/c1-9-6-13(17-8-10(16)7-15)11-4-2-3-5-12(11)14-9/h2-6,10,15-16H,7-8H2,1H3. The Hall–Kier alpha value is -1.10. The van der Waals surface area contributed by atoms with Gasteiger partial charge in [-0.3, -0.25) is 4.98 Å². The van der Waals surface area contributed by atoms with E-state index in [9.17, 15) is 5.11 Å². The van der Waals surface area contributed by atoms with Gasteiger partial charge in [0, 0.05) is 21.7 Å². The van der Waals surface area contributed by atoms with E-state index in [-0.39, 0.29) is 6.61 Å². The van der Waals surface area contributed by atoms with E-state index in [0.29, 0.717) is 5.75 Å². The van der Waals surface area contributed by atoms with Crippen molar-refractivity contribution < 1.29 is 10.2 Å². The molecule has 0 fully saturated rings. The zero-order chi connectivity index (χ0) is 12.3. The van der Waals surface area contributed by atoms with E-state index < -0.39 is 6.10 Å². The lowest BCUT2D eigenvalue weighted by Gasteiger charge is -2.09. The van der Waals surface area contributed by atoms with Crippen molar-refractivity contribution in [3.63, 3.8) is 0 Å². The highest BCUT2D eigenvalue weighted by atomic mass is 32.2. The summed E-state index contributed by atoms with van der Waals surface area (Å²) >= 11 is 1.55. The highest BCUT2D eigenvalue weighted by Crippen LogP contribution is 2.28. The van der Waals surface area contributed by atoms with Crippen molar-refractivity contribution >= 4 is 22.7 Å². The quantitative estimate of drug-likeness (QED) is 0.814. The van der Waals surface area contributed by atoms with E-state index in [2.05, 4.69) is 4.98 Å². The number of benzene rings is 1. The predicted octanol–water partition coefficient (Wildman–Crippen LogP) is 1.99. The summed E-state index contributed by atoms with van der Waals surface area (Å²) < 4.78 is 0. The SMILES string of the molecule is Cc1cc(SCC(O)CO)c2ccccc2n1. The third-order valence-electron chi connectivity index (χ3n) is 2.45. The lowest BCUT2D eigenvalue weighted by atomic mass is 10.2. The summed E-state index contributed by atoms with van der Waals surface area (Å²) in [6.07, 6.45) is -0.674. The summed E-state index contributed by atoms with van der Waals surface area (Å²) in [5, 5.41) is 19.3. The van der Waals surface area contributed by atoms with Gasteiger partial charge in [-0.25, -0.2) is 0 Å². The van der Waals surface area contributed by atoms with Crippen molar-refractivity contribution in [2.75, 3.05) is 12.4 Å². The molecule has 0 aliphatic heterocycles. The molecule has 0 saturated heterocycles. The number of rotatable bonds is 4. The Labute approximate surface area is 105 Å². The van der Waals surface area contributed by atoms with Gasteiger partial charge in [0.15, 0.2) is 0 Å². The number of fused-ring (bicyclic) bond motifs is 1. The Bertz CT molecular complexity index is 516. The summed E-state index contributed by atoms with van der Waals surface area (Å²) in [6, 6.07) is 9.96. The van der Waals surface area contributed by atoms with Gasteiger partial charge in [0.05, 0.1) is 18.2 Å². The van der Waals surface area contributed by atoms with Crippen LogP contribution < -0.4 is 0 Å². The Kier molecular flexibility index (Phi) is 3.99. The number of hydrogen-bond donors (Lipinski definition) is 2. The van der Waals surface area contributed by atoms with Crippen LogP contribution in [0.5, 0.6) is 0 Å². The minimum absolute atomic E-state index is 0.199. The van der Waals surface area contributed by atoms with E-state index in [1.165, 1.54) is 0 Å². The zero-order valence-electron chi connectivity index (χ0n) is 9.63. The van der Waals surface area contributed by atoms with Crippen LogP contribution in [0, 0.1) is 6.92 Å². The van der Waals surface area contributed by atoms with Crippen LogP contribution in [-0.2, 0) is 0 Å². The molecule has 1 atom stereocenters. The van der Waals surface area contributed by atoms with Gasteiger partial charge < -0.3 is 10.2 Å². The number of aliphatic hydroxyl groups is 2. The first-order valence-corrected chi connectivity index (χ1v) is 6.47. The van der Waals surface area contributed by atoms with Gasteiger partial charge in [-0.15, -0.1) is 11.8 Å². The van der Waals surface area contributed by atoms with Crippen LogP contribution in [0.1, 0.15) is 5.69 Å². The fraction of sp³-hybridized carbons (Fsp3) is 0.308. The molecule has 1 aromatic carbocycles. The van der Waals surface area contributed by atoms with Crippen LogP contribution >= 0.6 is 11.8 Å². The van der Waals surface area contributed by atoms with Crippen LogP contribution in [-0.4, -0.2) is 33.7 Å². The van der Waals surface area contributed by atoms with Crippen LogP contribution in [0.25, 0.3) is 10.9 Å². The molecule has 0 saturated carbocycles. The van der Waals surface area contributed by atoms with Crippen molar-refractivity contribution in [1.82, 2.24) is 4.98 Å². The van der Waals surface area contributed by atoms with E-state index in [1.807, 2.05) is 37.3 Å². The third kappa shape index (κ3) is 2.97. The molecule has 0 spiro atoms. The Morgan fingerprint density at radius 1 is 1.35 bits per heavy atom. The normalized spacial score (nSPS) is 12.9. The first-order chi connectivity index (χ1) is 8.20. The molecule has 0 bridgehead atoms. The second-order valence-corrected chi connectivity index (χ2v) is 4.99. The lowest BCUT2D eigenvalue weighted by molar-refractivity contribution is 0.113. The maximum absolute atomic E-state index is 9.37. The maximum atomic E-state index is 9.37. The lowest BCUT2D eigenvalue weighted by Crippen LogP contribution is -2.14. The van der Waals surface area contributed by atoms with Crippen LogP contribution in [0.3, 0.4) is 0 Å². The number of para-hydroxylation sites is 1. The van der Waals surface area contributed by atoms with E-state index >= 15 is 0 Å². The molecular weight excluding hydrogens is 234 g/mol. The highest BCUT2D eigenvalue weighted by molar-refractivity contribution is 7.99. The maximum Gasteiger partial charge on any atom is 0.0864 e. The predicted molar refractivity (Wildman–Crippen MR) is 70.3 cm³/mol. The van der Waals surface area contributed by atoms with Crippen molar-refractivity contribution in [3.8, 4) is 0 Å². The highest BCUT2D eigenvalue weighted by Gasteiger charge is 2.07. The van der Waals surface area contributed by atoms with Crippen LogP contribution in [0.2, 0.25) is 0 Å². The van der Waals surface area contributed by atoms with Gasteiger partial charge in [0.2, 0.25) is 0 Å². The minimum Gasteiger partial charge on any atom is -0.394 e. The van der Waals surface area contributed by atoms with E-state index in [0.717, 1.165) is 21.5 Å². The summed E-state index contributed by atoms with van der Waals surface area (Å²) in [5.74, 6) is 0.490. The Balaban J connectivity index is 2.32. The molecule has 0 radical (unpaired) electrons. The minimum atomic E-state index is -0.674. The van der Waals surface area contributed by atoms with Gasteiger partial charge >= 0.3 is 0 Å². The summed E-state index contributed by atoms with van der Waals surface area (Å²) in [4.78, 5) is 5.56. The monoisotopic (exact) mass is 249 g/mol. The zero-order valence-corrected chi connectivity index (χ0v) is 10.4. The topological polar surface area (TPSA) is 53.4 Å². The van der Waals surface area contributed by atoms with Crippen molar-refractivity contribution in [2.24, 2.45) is 0 Å². The molecule has 0 aliphatic rings. The average molecular weight is 249 g/mol. The number of aliphatic hydroxyl groups excluding tert-OH is 2. The van der Waals surface area contributed by atoms with Gasteiger partial charge in [-0.1, -0.05) is 18.2 Å². The molecule has 1 unspecified atom stereocenters. The fourth-order valence-corrected chi connectivity index (χ4v) is 2.69. The number of thioether (sulfide) groups is 1. The number of pyridine rings is 1. The average Bonchev–Trinajstić information content (AvgIpc) is 2.35. The molecule has 2 N–H and O–H groups in total. The molecule has 17 heavy (non-hydrogen) atoms. The fourth-order valence-electron chi connectivity index (χ4n) is 1.63. The molecule has 0 aliphatic carbocycles. The summed E-state index contributed by atoms with van der Waals surface area (Å²) in [7, 11) is 0. The van der Waals surface area contributed by atoms with Gasteiger partial charge in [-0.2, -0.15) is 0 Å². The van der Waals surface area contributed by atoms with E-state index in [4.69, 9.17) is 5.11 Å². The van der Waals surface area contributed by atoms with Crippen molar-refractivity contribution in [1.29, 1.82) is 0 Å². The van der Waals surface area contributed by atoms with Crippen LogP contribution in [0.4, 0.5) is 0 Å². The third-order valence-corrected chi connectivity index (χ3v) is 3.65. The molecule has 2 rings (SSSR count). The largest absolute Gasteiger partial charge is 0.394 e. The van der Waals surface area contributed by atoms with Gasteiger partial charge in [-0.05, 0) is 19.1 Å². The Morgan fingerprint density at radius 2 is 2.12 bits per heavy atom. The molecule has 4 heteroatoms.